The minimum atomic E-state index is -4.51. The van der Waals surface area contributed by atoms with E-state index in [1.807, 2.05) is 0 Å². The second-order valence-corrected chi connectivity index (χ2v) is 3.31. The number of rotatable bonds is 0. The first-order valence-corrected chi connectivity index (χ1v) is 4.39. The van der Waals surface area contributed by atoms with Gasteiger partial charge in [-0.05, 0) is 18.2 Å². The molecular formula is C9H6F3N3O2. The molecule has 8 heteroatoms. The molecule has 17 heavy (non-hydrogen) atoms. The highest BCUT2D eigenvalue weighted by molar-refractivity contribution is 5.93. The first-order chi connectivity index (χ1) is 7.80. The molecule has 0 fully saturated rings. The van der Waals surface area contributed by atoms with E-state index in [0.717, 1.165) is 18.2 Å². The van der Waals surface area contributed by atoms with Crippen LogP contribution in [0.5, 0.6) is 0 Å². The van der Waals surface area contributed by atoms with Gasteiger partial charge in [0.15, 0.2) is 0 Å². The summed E-state index contributed by atoms with van der Waals surface area (Å²) >= 11 is 0. The van der Waals surface area contributed by atoms with Gasteiger partial charge in [-0.15, -0.1) is 4.68 Å². The average Bonchev–Trinajstić information content (AvgIpc) is 2.54. The highest BCUT2D eigenvalue weighted by Crippen LogP contribution is 2.32. The number of anilines is 1. The smallest absolute Gasteiger partial charge is 0.434 e. The van der Waals surface area contributed by atoms with Crippen LogP contribution in [0.25, 0.3) is 10.9 Å². The lowest BCUT2D eigenvalue weighted by Crippen LogP contribution is -2.12. The maximum absolute atomic E-state index is 12.4. The lowest BCUT2D eigenvalue weighted by Gasteiger charge is -2.05. The van der Waals surface area contributed by atoms with Crippen LogP contribution in [0.3, 0.4) is 0 Å². The topological polar surface area (TPSA) is 81.1 Å². The Hall–Kier alpha value is -2.25. The Bertz CT molecular complexity index is 603. The molecule has 0 atom stereocenters. The number of hydrogen-bond donors (Lipinski definition) is 2. The molecular weight excluding hydrogens is 239 g/mol. The minimum absolute atomic E-state index is 0.0396. The number of carbonyl (C=O) groups is 1. The third-order valence-electron chi connectivity index (χ3n) is 2.22. The summed E-state index contributed by atoms with van der Waals surface area (Å²) in [5.74, 6) is -0.335. The Morgan fingerprint density at radius 1 is 1.41 bits per heavy atom. The van der Waals surface area contributed by atoms with Crippen molar-refractivity contribution >= 4 is 22.8 Å². The van der Waals surface area contributed by atoms with Crippen LogP contribution in [-0.2, 0) is 6.18 Å². The van der Waals surface area contributed by atoms with Crippen LogP contribution in [0.4, 0.5) is 23.8 Å². The molecule has 0 spiro atoms. The highest BCUT2D eigenvalue weighted by atomic mass is 19.4. The number of alkyl halides is 3. The van der Waals surface area contributed by atoms with Crippen LogP contribution in [0.1, 0.15) is 5.56 Å². The number of hydrogen-bond acceptors (Lipinski definition) is 3. The summed E-state index contributed by atoms with van der Waals surface area (Å²) in [6.45, 7) is 0. The number of nitrogen functional groups attached to an aromatic ring is 1. The quantitative estimate of drug-likeness (QED) is 0.745. The zero-order valence-corrected chi connectivity index (χ0v) is 8.19. The van der Waals surface area contributed by atoms with Crippen molar-refractivity contribution in [2.45, 2.75) is 6.18 Å². The van der Waals surface area contributed by atoms with E-state index >= 15 is 0 Å². The Morgan fingerprint density at radius 2 is 2.06 bits per heavy atom. The van der Waals surface area contributed by atoms with E-state index in [0.29, 0.717) is 4.68 Å². The number of nitrogens with zero attached hydrogens (tertiary/aromatic N) is 2. The molecule has 0 unspecified atom stereocenters. The third-order valence-corrected chi connectivity index (χ3v) is 2.22. The Labute approximate surface area is 92.2 Å². The van der Waals surface area contributed by atoms with Gasteiger partial charge in [0.05, 0.1) is 11.1 Å². The number of carboxylic acid groups (broad SMARTS) is 1. The Morgan fingerprint density at radius 3 is 2.59 bits per heavy atom. The van der Waals surface area contributed by atoms with Crippen LogP contribution in [0.2, 0.25) is 0 Å². The van der Waals surface area contributed by atoms with Crippen molar-refractivity contribution in [3.8, 4) is 0 Å². The van der Waals surface area contributed by atoms with Crippen molar-refractivity contribution < 1.29 is 23.1 Å². The monoisotopic (exact) mass is 245 g/mol. The number of fused-ring (bicyclic) bond motifs is 1. The van der Waals surface area contributed by atoms with Crippen LogP contribution in [0, 0.1) is 0 Å². The summed E-state index contributed by atoms with van der Waals surface area (Å²) in [6, 6.07) is 2.67. The van der Waals surface area contributed by atoms with E-state index in [4.69, 9.17) is 10.8 Å². The first kappa shape index (κ1) is 11.2. The van der Waals surface area contributed by atoms with Gasteiger partial charge < -0.3 is 10.8 Å². The lowest BCUT2D eigenvalue weighted by atomic mass is 10.1. The molecule has 0 aliphatic heterocycles. The fraction of sp³-hybridized carbons (Fsp3) is 0.111. The zero-order valence-electron chi connectivity index (χ0n) is 8.19. The largest absolute Gasteiger partial charge is 0.463 e. The number of halogens is 3. The predicted molar refractivity (Wildman–Crippen MR) is 52.6 cm³/mol. The Balaban J connectivity index is 2.70. The van der Waals surface area contributed by atoms with Crippen LogP contribution in [-0.4, -0.2) is 21.0 Å². The Kier molecular flexibility index (Phi) is 2.23. The van der Waals surface area contributed by atoms with E-state index in [9.17, 15) is 18.0 Å². The number of nitrogens with two attached hydrogens (primary N) is 1. The van der Waals surface area contributed by atoms with Crippen LogP contribution in [0.15, 0.2) is 18.2 Å². The minimum Gasteiger partial charge on any atom is -0.463 e. The van der Waals surface area contributed by atoms with E-state index in [1.165, 1.54) is 0 Å². The maximum atomic E-state index is 12.4. The summed E-state index contributed by atoms with van der Waals surface area (Å²) in [5, 5.41) is 12.2. The van der Waals surface area contributed by atoms with Gasteiger partial charge in [-0.1, -0.05) is 0 Å². The molecule has 1 heterocycles. The van der Waals surface area contributed by atoms with Gasteiger partial charge in [0.2, 0.25) is 0 Å². The van der Waals surface area contributed by atoms with Gasteiger partial charge in [-0.25, -0.2) is 4.79 Å². The maximum Gasteiger partial charge on any atom is 0.434 e. The first-order valence-electron chi connectivity index (χ1n) is 4.39. The van der Waals surface area contributed by atoms with Crippen LogP contribution >= 0.6 is 0 Å². The summed E-state index contributed by atoms with van der Waals surface area (Å²) in [5.41, 5.74) is 4.60. The molecule has 0 amide bonds. The molecule has 0 bridgehead atoms. The molecule has 0 saturated heterocycles. The molecule has 0 saturated carbocycles. The molecule has 1 aromatic carbocycles. The van der Waals surface area contributed by atoms with Crippen molar-refractivity contribution in [2.75, 3.05) is 5.73 Å². The van der Waals surface area contributed by atoms with E-state index in [1.54, 1.807) is 0 Å². The second-order valence-electron chi connectivity index (χ2n) is 3.31. The fourth-order valence-corrected chi connectivity index (χ4v) is 1.43. The van der Waals surface area contributed by atoms with Gasteiger partial charge in [0.25, 0.3) is 0 Å². The molecule has 0 aliphatic carbocycles. The molecule has 90 valence electrons. The molecule has 2 aromatic rings. The second kappa shape index (κ2) is 3.37. The number of benzene rings is 1. The molecule has 0 radical (unpaired) electrons. The summed E-state index contributed by atoms with van der Waals surface area (Å²) < 4.78 is 37.7. The standard InChI is InChI=1S/C9H6F3N3O2/c10-9(11,12)4-1-2-6-5(3-4)7(13)15(14-6)8(16)17/h1-3H,13H2,(H,16,17). The SMILES string of the molecule is Nc1c2cc(C(F)(F)F)ccc2nn1C(=O)O. The van der Waals surface area contributed by atoms with Gasteiger partial charge >= 0.3 is 12.3 Å². The predicted octanol–water partition coefficient (Wildman–Crippen LogP) is 2.16. The van der Waals surface area contributed by atoms with E-state index in [2.05, 4.69) is 5.10 Å². The number of aromatic nitrogens is 2. The van der Waals surface area contributed by atoms with Crippen molar-refractivity contribution in [3.05, 3.63) is 23.8 Å². The molecule has 3 N–H and O–H groups in total. The van der Waals surface area contributed by atoms with Crippen LogP contribution < -0.4 is 5.73 Å². The van der Waals surface area contributed by atoms with Crippen molar-refractivity contribution in [1.82, 2.24) is 9.78 Å². The van der Waals surface area contributed by atoms with E-state index in [-0.39, 0.29) is 16.7 Å². The normalized spacial score (nSPS) is 11.9. The summed E-state index contributed by atoms with van der Waals surface area (Å²) in [4.78, 5) is 10.7. The average molecular weight is 245 g/mol. The van der Waals surface area contributed by atoms with Crippen molar-refractivity contribution in [2.24, 2.45) is 0 Å². The molecule has 2 rings (SSSR count). The zero-order chi connectivity index (χ0) is 12.8. The highest BCUT2D eigenvalue weighted by Gasteiger charge is 2.31. The molecule has 0 aliphatic rings. The molecule has 5 nitrogen and oxygen atoms in total. The van der Waals surface area contributed by atoms with Gasteiger partial charge in [0, 0.05) is 5.39 Å². The van der Waals surface area contributed by atoms with E-state index < -0.39 is 17.8 Å². The van der Waals surface area contributed by atoms with Gasteiger partial charge in [-0.2, -0.15) is 18.3 Å². The third kappa shape index (κ3) is 1.77. The lowest BCUT2D eigenvalue weighted by molar-refractivity contribution is -0.137. The van der Waals surface area contributed by atoms with Gasteiger partial charge in [0.1, 0.15) is 5.82 Å². The van der Waals surface area contributed by atoms with Gasteiger partial charge in [-0.3, -0.25) is 0 Å². The molecule has 1 aromatic heterocycles. The fourth-order valence-electron chi connectivity index (χ4n) is 1.43. The van der Waals surface area contributed by atoms with Crippen molar-refractivity contribution in [1.29, 1.82) is 0 Å². The van der Waals surface area contributed by atoms with Crippen molar-refractivity contribution in [3.63, 3.8) is 0 Å². The summed E-state index contributed by atoms with van der Waals surface area (Å²) in [7, 11) is 0. The summed E-state index contributed by atoms with van der Waals surface area (Å²) in [6.07, 6.45) is -5.96.